The SMILES string of the molecule is O=C(Nc1ccc(Cl)cc1)C1N([C@H](CO)c2ccccc2)C(=O)[C@@H]2[C@@H](C(=O)Nc3ccccc3)[C@@H]3OC12CC3Br. The van der Waals surface area contributed by atoms with Crippen LogP contribution < -0.4 is 10.6 Å². The van der Waals surface area contributed by atoms with Crippen molar-refractivity contribution in [1.29, 1.82) is 0 Å². The van der Waals surface area contributed by atoms with Crippen molar-refractivity contribution in [2.45, 2.75) is 35.0 Å². The summed E-state index contributed by atoms with van der Waals surface area (Å²) >= 11 is 9.71. The third-order valence-corrected chi connectivity index (χ3v) is 9.22. The molecular formula is C30H27BrClN3O5. The molecule has 0 aromatic heterocycles. The molecule has 3 amide bonds. The van der Waals surface area contributed by atoms with Crippen molar-refractivity contribution in [1.82, 2.24) is 4.90 Å². The number of nitrogens with one attached hydrogen (secondary N) is 2. The fourth-order valence-electron chi connectivity index (χ4n) is 6.52. The first-order chi connectivity index (χ1) is 19.3. The number of anilines is 2. The first-order valence-electron chi connectivity index (χ1n) is 13.1. The van der Waals surface area contributed by atoms with Gasteiger partial charge in [0.2, 0.25) is 17.7 Å². The largest absolute Gasteiger partial charge is 0.394 e. The molecule has 6 rings (SSSR count). The number of amides is 3. The molecule has 40 heavy (non-hydrogen) atoms. The standard InChI is InChI=1S/C30H27BrClN3O5/c31-21-15-30-24(23(25(21)40-30)27(37)33-19-9-5-2-6-10-19)29(39)35(22(16-36)17-7-3-1-4-8-17)26(30)28(38)34-20-13-11-18(32)12-14-20/h1-14,21-26,36H,15-16H2,(H,33,37)(H,34,38)/t21?,22-,23-,24+,25-,26?,30?/m1/s1. The lowest BCUT2D eigenvalue weighted by atomic mass is 9.70. The van der Waals surface area contributed by atoms with Gasteiger partial charge in [0, 0.05) is 21.2 Å². The summed E-state index contributed by atoms with van der Waals surface area (Å²) in [6.45, 7) is -0.411. The summed E-state index contributed by atoms with van der Waals surface area (Å²) in [7, 11) is 0. The third-order valence-electron chi connectivity index (χ3n) is 8.12. The molecule has 3 aromatic carbocycles. The van der Waals surface area contributed by atoms with Gasteiger partial charge in [0.1, 0.15) is 11.6 Å². The molecule has 0 radical (unpaired) electrons. The number of ether oxygens (including phenoxy) is 1. The van der Waals surface area contributed by atoms with Crippen LogP contribution in [-0.2, 0) is 19.1 Å². The molecule has 7 atom stereocenters. The lowest BCUT2D eigenvalue weighted by molar-refractivity contribution is -0.143. The van der Waals surface area contributed by atoms with Crippen LogP contribution in [0.5, 0.6) is 0 Å². The lowest BCUT2D eigenvalue weighted by Gasteiger charge is -2.37. The number of carbonyl (C=O) groups excluding carboxylic acids is 3. The van der Waals surface area contributed by atoms with Gasteiger partial charge in [-0.2, -0.15) is 0 Å². The van der Waals surface area contributed by atoms with Crippen molar-refractivity contribution < 1.29 is 24.2 Å². The predicted octanol–water partition coefficient (Wildman–Crippen LogP) is 4.40. The summed E-state index contributed by atoms with van der Waals surface area (Å²) in [5.41, 5.74) is 0.512. The van der Waals surface area contributed by atoms with Gasteiger partial charge in [-0.15, -0.1) is 0 Å². The first kappa shape index (κ1) is 27.0. The fourth-order valence-corrected chi connectivity index (χ4v) is 7.59. The number of aliphatic hydroxyl groups is 1. The molecule has 0 aliphatic carbocycles. The number of fused-ring (bicyclic) bond motifs is 1. The fraction of sp³-hybridized carbons (Fsp3) is 0.300. The van der Waals surface area contributed by atoms with Crippen LogP contribution in [0.1, 0.15) is 18.0 Å². The van der Waals surface area contributed by atoms with Crippen LogP contribution in [0.2, 0.25) is 5.02 Å². The molecular weight excluding hydrogens is 598 g/mol. The number of hydrogen-bond donors (Lipinski definition) is 3. The number of halogens is 2. The van der Waals surface area contributed by atoms with E-state index in [1.165, 1.54) is 4.90 Å². The molecule has 0 saturated carbocycles. The third kappa shape index (κ3) is 4.41. The number of aliphatic hydroxyl groups excluding tert-OH is 1. The second-order valence-corrected chi connectivity index (χ2v) is 12.0. The van der Waals surface area contributed by atoms with Crippen molar-refractivity contribution in [3.63, 3.8) is 0 Å². The summed E-state index contributed by atoms with van der Waals surface area (Å²) in [4.78, 5) is 43.3. The smallest absolute Gasteiger partial charge is 0.250 e. The van der Waals surface area contributed by atoms with E-state index in [4.69, 9.17) is 16.3 Å². The molecule has 3 unspecified atom stereocenters. The number of para-hydroxylation sites is 1. The monoisotopic (exact) mass is 623 g/mol. The van der Waals surface area contributed by atoms with Gasteiger partial charge in [-0.3, -0.25) is 14.4 Å². The topological polar surface area (TPSA) is 108 Å². The van der Waals surface area contributed by atoms with Gasteiger partial charge in [0.15, 0.2) is 0 Å². The Kier molecular flexibility index (Phi) is 7.16. The molecule has 3 aliphatic rings. The normalized spacial score (nSPS) is 29.2. The maximum absolute atomic E-state index is 14.4. The minimum Gasteiger partial charge on any atom is -0.394 e. The van der Waals surface area contributed by atoms with Gasteiger partial charge >= 0.3 is 0 Å². The van der Waals surface area contributed by atoms with E-state index in [2.05, 4.69) is 26.6 Å². The van der Waals surface area contributed by atoms with E-state index in [1.54, 1.807) is 48.5 Å². The van der Waals surface area contributed by atoms with Crippen LogP contribution >= 0.6 is 27.5 Å². The molecule has 8 nitrogen and oxygen atoms in total. The van der Waals surface area contributed by atoms with E-state index in [9.17, 15) is 19.5 Å². The second kappa shape index (κ2) is 10.6. The number of nitrogens with zero attached hydrogens (tertiary/aromatic N) is 1. The van der Waals surface area contributed by atoms with Crippen molar-refractivity contribution in [3.05, 3.63) is 95.5 Å². The van der Waals surface area contributed by atoms with E-state index >= 15 is 0 Å². The number of hydrogen-bond acceptors (Lipinski definition) is 5. The van der Waals surface area contributed by atoms with Crippen LogP contribution in [0.3, 0.4) is 0 Å². The molecule has 3 heterocycles. The quantitative estimate of drug-likeness (QED) is 0.338. The predicted molar refractivity (Wildman–Crippen MR) is 154 cm³/mol. The van der Waals surface area contributed by atoms with Crippen molar-refractivity contribution in [2.24, 2.45) is 11.8 Å². The Morgan fingerprint density at radius 1 is 0.975 bits per heavy atom. The Morgan fingerprint density at radius 3 is 2.23 bits per heavy atom. The molecule has 3 aromatic rings. The van der Waals surface area contributed by atoms with Crippen molar-refractivity contribution in [3.8, 4) is 0 Å². The highest BCUT2D eigenvalue weighted by Gasteiger charge is 2.77. The number of carbonyl (C=O) groups is 3. The molecule has 3 saturated heterocycles. The Bertz CT molecular complexity index is 1430. The zero-order valence-corrected chi connectivity index (χ0v) is 23.6. The summed E-state index contributed by atoms with van der Waals surface area (Å²) in [6, 6.07) is 22.8. The lowest BCUT2D eigenvalue weighted by Crippen LogP contribution is -2.55. The van der Waals surface area contributed by atoms with Crippen LogP contribution in [-0.4, -0.2) is 56.9 Å². The Balaban J connectivity index is 1.42. The second-order valence-electron chi connectivity index (χ2n) is 10.4. The van der Waals surface area contributed by atoms with Gasteiger partial charge in [0.05, 0.1) is 30.6 Å². The Morgan fingerprint density at radius 2 is 1.57 bits per heavy atom. The van der Waals surface area contributed by atoms with E-state index in [0.717, 1.165) is 0 Å². The van der Waals surface area contributed by atoms with Gasteiger partial charge in [-0.25, -0.2) is 0 Å². The maximum atomic E-state index is 14.4. The molecule has 1 spiro atoms. The van der Waals surface area contributed by atoms with Crippen molar-refractivity contribution in [2.75, 3.05) is 17.2 Å². The van der Waals surface area contributed by atoms with Crippen LogP contribution in [0.4, 0.5) is 11.4 Å². The molecule has 3 N–H and O–H groups in total. The molecule has 10 heteroatoms. The zero-order valence-electron chi connectivity index (χ0n) is 21.2. The Labute approximate surface area is 244 Å². The minimum absolute atomic E-state index is 0.252. The first-order valence-corrected chi connectivity index (χ1v) is 14.4. The Hall–Kier alpha value is -3.24. The highest BCUT2D eigenvalue weighted by molar-refractivity contribution is 9.09. The van der Waals surface area contributed by atoms with Crippen LogP contribution in [0.15, 0.2) is 84.9 Å². The number of likely N-dealkylation sites (tertiary alicyclic amines) is 1. The molecule has 2 bridgehead atoms. The van der Waals surface area contributed by atoms with E-state index in [1.807, 2.05) is 36.4 Å². The zero-order chi connectivity index (χ0) is 28.0. The van der Waals surface area contributed by atoms with Gasteiger partial charge in [-0.1, -0.05) is 76.1 Å². The summed E-state index contributed by atoms with van der Waals surface area (Å²) in [5.74, 6) is -2.95. The molecule has 3 aliphatic heterocycles. The van der Waals surface area contributed by atoms with E-state index in [0.29, 0.717) is 28.4 Å². The van der Waals surface area contributed by atoms with Crippen LogP contribution in [0.25, 0.3) is 0 Å². The highest BCUT2D eigenvalue weighted by Crippen LogP contribution is 2.61. The van der Waals surface area contributed by atoms with Crippen molar-refractivity contribution >= 4 is 56.6 Å². The highest BCUT2D eigenvalue weighted by atomic mass is 79.9. The van der Waals surface area contributed by atoms with Gasteiger partial charge in [-0.05, 0) is 48.4 Å². The molecule has 206 valence electrons. The summed E-state index contributed by atoms with van der Waals surface area (Å²) < 4.78 is 6.56. The minimum atomic E-state index is -1.27. The number of rotatable bonds is 7. The molecule has 3 fully saturated rings. The van der Waals surface area contributed by atoms with Gasteiger partial charge < -0.3 is 25.4 Å². The van der Waals surface area contributed by atoms with E-state index < -0.39 is 54.0 Å². The average Bonchev–Trinajstić information content (AvgIpc) is 3.55. The van der Waals surface area contributed by atoms with E-state index in [-0.39, 0.29) is 10.7 Å². The number of benzene rings is 3. The average molecular weight is 625 g/mol. The number of alkyl halides is 1. The maximum Gasteiger partial charge on any atom is 0.250 e. The summed E-state index contributed by atoms with van der Waals surface area (Å²) in [5, 5.41) is 16.9. The van der Waals surface area contributed by atoms with Crippen LogP contribution in [0, 0.1) is 11.8 Å². The van der Waals surface area contributed by atoms with Gasteiger partial charge in [0.25, 0.3) is 0 Å². The summed E-state index contributed by atoms with van der Waals surface area (Å²) in [6.07, 6.45) is -0.249.